The molecule has 0 atom stereocenters. The van der Waals surface area contributed by atoms with E-state index in [1.165, 1.54) is 58.9 Å². The van der Waals surface area contributed by atoms with E-state index in [-0.39, 0.29) is 46.5 Å². The molecule has 0 N–H and O–H groups in total. The molecule has 1 aliphatic carbocycles. The molecule has 50 heavy (non-hydrogen) atoms. The number of halogens is 2. The van der Waals surface area contributed by atoms with Gasteiger partial charge in [0.1, 0.15) is 0 Å². The predicted octanol–water partition coefficient (Wildman–Crippen LogP) is 6.46. The van der Waals surface area contributed by atoms with E-state index < -0.39 is 0 Å². The summed E-state index contributed by atoms with van der Waals surface area (Å²) in [6.07, 6.45) is 1.03. The number of rotatable bonds is 2. The molecule has 5 aromatic rings. The molecule has 1 aliphatic rings. The van der Waals surface area contributed by atoms with Gasteiger partial charge in [0.2, 0.25) is 0 Å². The van der Waals surface area contributed by atoms with Gasteiger partial charge in [-0.3, -0.25) is 0 Å². The Morgan fingerprint density at radius 2 is 1.04 bits per heavy atom. The molecular weight excluding hydrogens is 814 g/mol. The van der Waals surface area contributed by atoms with Crippen LogP contribution in [0.15, 0.2) is 109 Å². The summed E-state index contributed by atoms with van der Waals surface area (Å²) in [5.74, 6) is 0. The average molecular weight is 870 g/mol. The molecule has 0 saturated carbocycles. The molecule has 0 amide bonds. The van der Waals surface area contributed by atoms with E-state index in [0.29, 0.717) is 0 Å². The summed E-state index contributed by atoms with van der Waals surface area (Å²) in [7, 11) is 0. The van der Waals surface area contributed by atoms with Crippen LogP contribution in [-0.4, -0.2) is 3.26 Å². The Kier molecular flexibility index (Phi) is 15.2. The Morgan fingerprint density at radius 1 is 0.560 bits per heavy atom. The zero-order valence-electron chi connectivity index (χ0n) is 32.4. The van der Waals surface area contributed by atoms with Crippen molar-refractivity contribution in [3.63, 3.8) is 0 Å². The second-order valence-electron chi connectivity index (χ2n) is 17.2. The largest absolute Gasteiger partial charge is 1.00 e. The SMILES string of the molecule is CC(C)(C)c1[c-]c2c(cc1)-c1ccc(C(C)(C)C)cc1C2.CC(C)(C)c1ccccc1[C](=[Hf+2])c1ccccc1C(C)(C)C.[Cl-].[Cl-].c1cc[cH-]c1. The van der Waals surface area contributed by atoms with Crippen molar-refractivity contribution < 1.29 is 48.7 Å². The van der Waals surface area contributed by atoms with E-state index in [1.807, 2.05) is 30.3 Å². The van der Waals surface area contributed by atoms with Gasteiger partial charge in [0.25, 0.3) is 0 Å². The van der Waals surface area contributed by atoms with Gasteiger partial charge in [0.15, 0.2) is 0 Å². The van der Waals surface area contributed by atoms with Crippen LogP contribution in [0.25, 0.3) is 11.1 Å². The Labute approximate surface area is 331 Å². The first-order chi connectivity index (χ1) is 22.3. The van der Waals surface area contributed by atoms with Crippen LogP contribution in [0, 0.1) is 6.07 Å². The summed E-state index contributed by atoms with van der Waals surface area (Å²) >= 11 is 1.05. The number of hydrogen-bond donors (Lipinski definition) is 0. The smallest absolute Gasteiger partial charge is 0.172 e. The maximum absolute atomic E-state index is 3.67. The second-order valence-corrected chi connectivity index (χ2v) is 19.0. The zero-order valence-corrected chi connectivity index (χ0v) is 37.5. The standard InChI is InChI=1S/C21H25.C21H26.C5H5.2ClH.Hf/c1-20(2,3)16-7-9-18-14(12-16)11-15-13-17(21(4,5)6)8-10-19(15)18;1-20(2,3)18-13-9-7-11-16(18)15-17-12-8-10-14-19(17)21(4,5)6;1-2-4-5-3-1;;;/h7-10,12H,11H2,1-6H3;7-14H,1-6H3;1-5H;2*1H;/q-1;;-1;;;+2/p-2. The molecule has 0 aliphatic heterocycles. The molecule has 5 aromatic carbocycles. The van der Waals surface area contributed by atoms with Gasteiger partial charge < -0.3 is 24.8 Å². The van der Waals surface area contributed by atoms with Gasteiger partial charge in [-0.1, -0.05) is 65.3 Å². The molecule has 0 fully saturated rings. The van der Waals surface area contributed by atoms with Crippen LogP contribution in [0.1, 0.15) is 128 Å². The van der Waals surface area contributed by atoms with Gasteiger partial charge in [0, 0.05) is 0 Å². The van der Waals surface area contributed by atoms with Gasteiger partial charge >= 0.3 is 150 Å². The van der Waals surface area contributed by atoms with Crippen molar-refractivity contribution in [2.24, 2.45) is 0 Å². The molecule has 6 rings (SSSR count). The molecule has 0 heterocycles. The number of hydrogen-bond acceptors (Lipinski definition) is 0. The van der Waals surface area contributed by atoms with Crippen molar-refractivity contribution in [3.8, 4) is 11.1 Å². The first-order valence-electron chi connectivity index (χ1n) is 17.4. The minimum atomic E-state index is 0. The molecule has 3 heteroatoms. The minimum Gasteiger partial charge on any atom is -1.00 e. The van der Waals surface area contributed by atoms with Crippen LogP contribution in [0.5, 0.6) is 0 Å². The molecule has 0 spiro atoms. The van der Waals surface area contributed by atoms with Gasteiger partial charge in [-0.25, -0.2) is 12.1 Å². The molecule has 0 bridgehead atoms. The average Bonchev–Trinajstić information content (AvgIpc) is 3.71. The van der Waals surface area contributed by atoms with Crippen molar-refractivity contribution in [2.45, 2.75) is 111 Å². The second kappa shape index (κ2) is 17.4. The Morgan fingerprint density at radius 3 is 1.46 bits per heavy atom. The Balaban J connectivity index is 0.000000293. The fourth-order valence-electron chi connectivity index (χ4n) is 6.20. The van der Waals surface area contributed by atoms with E-state index >= 15 is 0 Å². The first kappa shape index (κ1) is 43.7. The summed E-state index contributed by atoms with van der Waals surface area (Å²) in [6, 6.07) is 43.0. The van der Waals surface area contributed by atoms with Crippen LogP contribution in [0.4, 0.5) is 0 Å². The van der Waals surface area contributed by atoms with Gasteiger partial charge in [-0.15, -0.1) is 11.1 Å². The minimum absolute atomic E-state index is 0. The molecule has 0 saturated heterocycles. The van der Waals surface area contributed by atoms with Crippen molar-refractivity contribution >= 4 is 3.26 Å². The molecule has 0 nitrogen and oxygen atoms in total. The topological polar surface area (TPSA) is 0 Å². The Bertz CT molecular complexity index is 1690. The Hall–Kier alpha value is -2.45. The van der Waals surface area contributed by atoms with Crippen LogP contribution >= 0.6 is 0 Å². The molecule has 0 aromatic heterocycles. The van der Waals surface area contributed by atoms with Gasteiger partial charge in [-0.2, -0.15) is 42.0 Å². The third-order valence-corrected chi connectivity index (χ3v) is 11.0. The first-order valence-corrected chi connectivity index (χ1v) is 19.2. The number of benzene rings is 4. The maximum Gasteiger partial charge on any atom is -0.172 e. The quantitative estimate of drug-likeness (QED) is 0.139. The molecule has 0 radical (unpaired) electrons. The van der Waals surface area contributed by atoms with Crippen molar-refractivity contribution in [2.75, 3.05) is 0 Å². The fourth-order valence-corrected chi connectivity index (χ4v) is 7.77. The monoisotopic (exact) mass is 870 g/mol. The van der Waals surface area contributed by atoms with E-state index in [9.17, 15) is 0 Å². The summed E-state index contributed by atoms with van der Waals surface area (Å²) < 4.78 is 1.51. The summed E-state index contributed by atoms with van der Waals surface area (Å²) in [4.78, 5) is 0. The van der Waals surface area contributed by atoms with E-state index in [0.717, 1.165) is 30.3 Å². The molecule has 0 unspecified atom stereocenters. The summed E-state index contributed by atoms with van der Waals surface area (Å²) in [5, 5.41) is 0. The van der Waals surface area contributed by atoms with E-state index in [4.69, 9.17) is 0 Å². The van der Waals surface area contributed by atoms with E-state index in [2.05, 4.69) is 168 Å². The van der Waals surface area contributed by atoms with Crippen molar-refractivity contribution in [1.82, 2.24) is 0 Å². The third kappa shape index (κ3) is 11.0. The van der Waals surface area contributed by atoms with Crippen molar-refractivity contribution in [3.05, 3.63) is 160 Å². The zero-order chi connectivity index (χ0) is 35.5. The van der Waals surface area contributed by atoms with Crippen LogP contribution < -0.4 is 24.8 Å². The summed E-state index contributed by atoms with van der Waals surface area (Å²) in [6.45, 7) is 27.4. The maximum atomic E-state index is 3.67. The normalized spacial score (nSPS) is 12.1. The number of fused-ring (bicyclic) bond motifs is 3. The van der Waals surface area contributed by atoms with Crippen LogP contribution in [0.2, 0.25) is 0 Å². The van der Waals surface area contributed by atoms with Crippen LogP contribution in [0.3, 0.4) is 0 Å². The van der Waals surface area contributed by atoms with E-state index in [1.54, 1.807) is 0 Å². The van der Waals surface area contributed by atoms with Crippen molar-refractivity contribution in [1.29, 1.82) is 0 Å². The molecular formula is C47H56Cl2Hf-2. The fraction of sp³-hybridized carbons (Fsp3) is 0.362. The summed E-state index contributed by atoms with van der Waals surface area (Å²) in [5.41, 5.74) is 14.8. The van der Waals surface area contributed by atoms with Crippen LogP contribution in [-0.2, 0) is 52.0 Å². The predicted molar refractivity (Wildman–Crippen MR) is 206 cm³/mol. The molecule has 264 valence electrons. The van der Waals surface area contributed by atoms with Gasteiger partial charge in [-0.05, 0) is 28.4 Å². The van der Waals surface area contributed by atoms with Gasteiger partial charge in [0.05, 0.1) is 0 Å². The third-order valence-electron chi connectivity index (χ3n) is 9.03.